The minimum atomic E-state index is 0.508. The van der Waals surface area contributed by atoms with Crippen LogP contribution < -0.4 is 9.47 Å². The lowest BCUT2D eigenvalue weighted by atomic mass is 10.2. The molecule has 0 amide bonds. The molecule has 136 valence electrons. The topological polar surface area (TPSA) is 60.6 Å². The Hall–Kier alpha value is -2.57. The van der Waals surface area contributed by atoms with Crippen LogP contribution in [0.2, 0.25) is 5.02 Å². The molecular weight excluding hydrogens is 354 g/mol. The van der Waals surface area contributed by atoms with E-state index >= 15 is 0 Å². The van der Waals surface area contributed by atoms with Gasteiger partial charge in [-0.05, 0) is 31.3 Å². The van der Waals surface area contributed by atoms with Crippen LogP contribution in [-0.4, -0.2) is 42.3 Å². The summed E-state index contributed by atoms with van der Waals surface area (Å²) in [6, 6.07) is 15.0. The number of hydrogen-bond donors (Lipinski definition) is 0. The van der Waals surface area contributed by atoms with Crippen LogP contribution in [0.3, 0.4) is 0 Å². The lowest BCUT2D eigenvalue weighted by Crippen LogP contribution is -2.24. The maximum atomic E-state index is 6.07. The highest BCUT2D eigenvalue weighted by atomic mass is 35.5. The summed E-state index contributed by atoms with van der Waals surface area (Å²) in [4.78, 5) is 6.49. The molecule has 3 rings (SSSR count). The first kappa shape index (κ1) is 18.2. The summed E-state index contributed by atoms with van der Waals surface area (Å²) in [7, 11) is 3.58. The van der Waals surface area contributed by atoms with Gasteiger partial charge in [-0.3, -0.25) is 4.90 Å². The van der Waals surface area contributed by atoms with E-state index in [1.165, 1.54) is 0 Å². The number of methoxy groups -OCH3 is 1. The van der Waals surface area contributed by atoms with E-state index in [9.17, 15) is 0 Å². The molecule has 0 unspecified atom stereocenters. The van der Waals surface area contributed by atoms with Crippen LogP contribution in [-0.2, 0) is 6.54 Å². The fourth-order valence-corrected chi connectivity index (χ4v) is 2.63. The first-order valence-corrected chi connectivity index (χ1v) is 8.57. The van der Waals surface area contributed by atoms with Crippen LogP contribution in [0.1, 0.15) is 5.89 Å². The minimum Gasteiger partial charge on any atom is -0.496 e. The van der Waals surface area contributed by atoms with Gasteiger partial charge in [0.15, 0.2) is 0 Å². The van der Waals surface area contributed by atoms with Gasteiger partial charge in [0.2, 0.25) is 11.7 Å². The number of ether oxygens (including phenoxy) is 2. The molecule has 0 aliphatic rings. The summed E-state index contributed by atoms with van der Waals surface area (Å²) < 4.78 is 16.4. The van der Waals surface area contributed by atoms with Crippen molar-refractivity contribution in [2.75, 3.05) is 27.3 Å². The second-order valence-electron chi connectivity index (χ2n) is 5.73. The van der Waals surface area contributed by atoms with Crippen molar-refractivity contribution in [1.29, 1.82) is 0 Å². The Morgan fingerprint density at radius 2 is 1.81 bits per heavy atom. The van der Waals surface area contributed by atoms with Crippen molar-refractivity contribution in [2.45, 2.75) is 6.54 Å². The zero-order chi connectivity index (χ0) is 18.4. The normalized spacial score (nSPS) is 10.9. The average molecular weight is 374 g/mol. The fourth-order valence-electron chi connectivity index (χ4n) is 2.44. The van der Waals surface area contributed by atoms with Crippen LogP contribution in [0.5, 0.6) is 11.5 Å². The SMILES string of the molecule is COc1ccccc1-c1noc(CN(C)CCOc2ccccc2Cl)n1. The molecule has 0 fully saturated rings. The highest BCUT2D eigenvalue weighted by Gasteiger charge is 2.14. The molecule has 0 saturated carbocycles. The minimum absolute atomic E-state index is 0.508. The third-order valence-corrected chi connectivity index (χ3v) is 4.10. The van der Waals surface area contributed by atoms with Gasteiger partial charge in [0, 0.05) is 6.54 Å². The van der Waals surface area contributed by atoms with Gasteiger partial charge in [-0.15, -0.1) is 0 Å². The number of rotatable bonds is 8. The third-order valence-electron chi connectivity index (χ3n) is 3.79. The van der Waals surface area contributed by atoms with Crippen molar-refractivity contribution >= 4 is 11.6 Å². The van der Waals surface area contributed by atoms with E-state index in [4.69, 9.17) is 25.6 Å². The zero-order valence-electron chi connectivity index (χ0n) is 14.7. The van der Waals surface area contributed by atoms with Crippen molar-refractivity contribution in [3.05, 3.63) is 59.4 Å². The number of benzene rings is 2. The average Bonchev–Trinajstić information content (AvgIpc) is 3.11. The Bertz CT molecular complexity index is 853. The molecule has 0 atom stereocenters. The number of para-hydroxylation sites is 2. The van der Waals surface area contributed by atoms with Gasteiger partial charge in [0.25, 0.3) is 0 Å². The lowest BCUT2D eigenvalue weighted by Gasteiger charge is -2.15. The Balaban J connectivity index is 1.54. The van der Waals surface area contributed by atoms with E-state index in [0.29, 0.717) is 47.9 Å². The van der Waals surface area contributed by atoms with Gasteiger partial charge in [-0.25, -0.2) is 0 Å². The Morgan fingerprint density at radius 3 is 2.58 bits per heavy atom. The molecular formula is C19H20ClN3O3. The number of aromatic nitrogens is 2. The molecule has 3 aromatic rings. The van der Waals surface area contributed by atoms with Crippen LogP contribution in [0, 0.1) is 0 Å². The van der Waals surface area contributed by atoms with Crippen molar-refractivity contribution in [1.82, 2.24) is 15.0 Å². The standard InChI is InChI=1S/C19H20ClN3O3/c1-23(11-12-25-17-10-6-4-8-15(17)20)13-18-21-19(22-26-18)14-7-3-5-9-16(14)24-2/h3-10H,11-13H2,1-2H3. The number of nitrogens with zero attached hydrogens (tertiary/aromatic N) is 3. The predicted octanol–water partition coefficient (Wildman–Crippen LogP) is 3.91. The molecule has 0 radical (unpaired) electrons. The van der Waals surface area contributed by atoms with E-state index in [0.717, 1.165) is 5.56 Å². The number of halogens is 1. The van der Waals surface area contributed by atoms with Crippen LogP contribution in [0.4, 0.5) is 0 Å². The molecule has 7 heteroatoms. The Kier molecular flexibility index (Phi) is 6.09. The fraction of sp³-hybridized carbons (Fsp3) is 0.263. The maximum absolute atomic E-state index is 6.07. The summed E-state index contributed by atoms with van der Waals surface area (Å²) in [6.07, 6.45) is 0. The van der Waals surface area contributed by atoms with Gasteiger partial charge >= 0.3 is 0 Å². The molecule has 2 aromatic carbocycles. The molecule has 1 heterocycles. The van der Waals surface area contributed by atoms with E-state index in [2.05, 4.69) is 10.1 Å². The molecule has 6 nitrogen and oxygen atoms in total. The second-order valence-corrected chi connectivity index (χ2v) is 6.14. The van der Waals surface area contributed by atoms with E-state index in [1.807, 2.05) is 54.4 Å². The largest absolute Gasteiger partial charge is 0.496 e. The van der Waals surface area contributed by atoms with Gasteiger partial charge in [-0.1, -0.05) is 41.0 Å². The van der Waals surface area contributed by atoms with E-state index in [-0.39, 0.29) is 0 Å². The highest BCUT2D eigenvalue weighted by Crippen LogP contribution is 2.27. The summed E-state index contributed by atoms with van der Waals surface area (Å²) in [5.41, 5.74) is 0.801. The van der Waals surface area contributed by atoms with E-state index < -0.39 is 0 Å². The molecule has 0 spiro atoms. The molecule has 1 aromatic heterocycles. The number of hydrogen-bond acceptors (Lipinski definition) is 6. The molecule has 26 heavy (non-hydrogen) atoms. The molecule has 0 N–H and O–H groups in total. The first-order valence-electron chi connectivity index (χ1n) is 8.19. The van der Waals surface area contributed by atoms with Crippen LogP contribution in [0.15, 0.2) is 53.1 Å². The molecule has 0 saturated heterocycles. The van der Waals surface area contributed by atoms with Crippen molar-refractivity contribution in [2.24, 2.45) is 0 Å². The second kappa shape index (κ2) is 8.69. The quantitative estimate of drug-likeness (QED) is 0.596. The highest BCUT2D eigenvalue weighted by molar-refractivity contribution is 6.32. The van der Waals surface area contributed by atoms with E-state index in [1.54, 1.807) is 13.2 Å². The molecule has 0 bridgehead atoms. The monoisotopic (exact) mass is 373 g/mol. The van der Waals surface area contributed by atoms with Gasteiger partial charge in [-0.2, -0.15) is 4.98 Å². The predicted molar refractivity (Wildman–Crippen MR) is 99.6 cm³/mol. The Labute approximate surface area is 157 Å². The maximum Gasteiger partial charge on any atom is 0.241 e. The van der Waals surface area contributed by atoms with Crippen molar-refractivity contribution < 1.29 is 14.0 Å². The summed E-state index contributed by atoms with van der Waals surface area (Å²) >= 11 is 6.07. The molecule has 0 aliphatic heterocycles. The molecule has 0 aliphatic carbocycles. The Morgan fingerprint density at radius 1 is 1.08 bits per heavy atom. The van der Waals surface area contributed by atoms with Crippen LogP contribution >= 0.6 is 11.6 Å². The first-order chi connectivity index (χ1) is 12.7. The summed E-state index contributed by atoms with van der Waals surface area (Å²) in [5, 5.41) is 4.65. The zero-order valence-corrected chi connectivity index (χ0v) is 15.4. The van der Waals surface area contributed by atoms with Crippen LogP contribution in [0.25, 0.3) is 11.4 Å². The summed E-state index contributed by atoms with van der Waals surface area (Å²) in [6.45, 7) is 1.72. The van der Waals surface area contributed by atoms with Gasteiger partial charge in [0.1, 0.15) is 18.1 Å². The smallest absolute Gasteiger partial charge is 0.241 e. The third kappa shape index (κ3) is 4.53. The van der Waals surface area contributed by atoms with Gasteiger partial charge < -0.3 is 14.0 Å². The van der Waals surface area contributed by atoms with Crippen molar-refractivity contribution in [3.8, 4) is 22.9 Å². The number of likely N-dealkylation sites (N-methyl/N-ethyl adjacent to an activating group) is 1. The van der Waals surface area contributed by atoms with Gasteiger partial charge in [0.05, 0.1) is 24.2 Å². The summed E-state index contributed by atoms with van der Waals surface area (Å²) in [5.74, 6) is 2.43. The lowest BCUT2D eigenvalue weighted by molar-refractivity contribution is 0.213. The van der Waals surface area contributed by atoms with Crippen molar-refractivity contribution in [3.63, 3.8) is 0 Å².